The zero-order chi connectivity index (χ0) is 18.3. The van der Waals surface area contributed by atoms with Crippen LogP contribution < -0.4 is 4.90 Å². The van der Waals surface area contributed by atoms with E-state index < -0.39 is 5.82 Å². The molecule has 1 aliphatic rings. The first-order chi connectivity index (χ1) is 12.5. The van der Waals surface area contributed by atoms with Gasteiger partial charge in [0.25, 0.3) is 5.91 Å². The Bertz CT molecular complexity index is 976. The van der Waals surface area contributed by atoms with Crippen molar-refractivity contribution < 1.29 is 9.18 Å². The summed E-state index contributed by atoms with van der Waals surface area (Å²) in [6, 6.07) is 10.5. The third kappa shape index (κ3) is 3.05. The van der Waals surface area contributed by atoms with E-state index in [-0.39, 0.29) is 11.5 Å². The molecule has 0 aliphatic carbocycles. The van der Waals surface area contributed by atoms with Crippen LogP contribution in [0.25, 0.3) is 10.2 Å². The Morgan fingerprint density at radius 3 is 2.58 bits per heavy atom. The highest BCUT2D eigenvalue weighted by Gasteiger charge is 2.25. The van der Waals surface area contributed by atoms with E-state index in [1.165, 1.54) is 21.9 Å². The Hall–Kier alpha value is -2.47. The Morgan fingerprint density at radius 1 is 1.12 bits per heavy atom. The van der Waals surface area contributed by atoms with Crippen LogP contribution in [0.4, 0.5) is 9.52 Å². The van der Waals surface area contributed by atoms with Crippen molar-refractivity contribution in [1.29, 1.82) is 0 Å². The van der Waals surface area contributed by atoms with Crippen molar-refractivity contribution in [3.8, 4) is 0 Å². The molecule has 1 saturated heterocycles. The number of carbonyl (C=O) groups excluding carboxylic acids is 1. The van der Waals surface area contributed by atoms with Crippen molar-refractivity contribution in [3.05, 3.63) is 58.9 Å². The van der Waals surface area contributed by atoms with Crippen molar-refractivity contribution in [2.24, 2.45) is 0 Å². The van der Waals surface area contributed by atoms with Gasteiger partial charge in [0.15, 0.2) is 5.13 Å². The fourth-order valence-electron chi connectivity index (χ4n) is 3.41. The van der Waals surface area contributed by atoms with E-state index >= 15 is 0 Å². The molecule has 6 heteroatoms. The molecule has 4 rings (SSSR count). The van der Waals surface area contributed by atoms with Crippen LogP contribution in [-0.2, 0) is 0 Å². The molecule has 1 aliphatic heterocycles. The standard InChI is InChI=1S/C20H20FN3OS/c1-13-11-14(2)18-17(12-13)22-20(26-18)24-9-7-23(8-10-24)19(25)15-5-3-4-6-16(15)21/h3-6,11-12H,7-10H2,1-2H3. The van der Waals surface area contributed by atoms with E-state index in [1.807, 2.05) is 0 Å². The summed E-state index contributed by atoms with van der Waals surface area (Å²) in [5.74, 6) is -0.699. The monoisotopic (exact) mass is 369 g/mol. The summed E-state index contributed by atoms with van der Waals surface area (Å²) in [5, 5.41) is 0.992. The third-order valence-corrected chi connectivity index (χ3v) is 6.02. The molecule has 1 fully saturated rings. The molecule has 0 unspecified atom stereocenters. The van der Waals surface area contributed by atoms with Gasteiger partial charge in [0.1, 0.15) is 5.82 Å². The van der Waals surface area contributed by atoms with Gasteiger partial charge in [0, 0.05) is 26.2 Å². The largest absolute Gasteiger partial charge is 0.345 e. The maximum absolute atomic E-state index is 13.9. The number of thiazole rings is 1. The molecule has 1 aromatic heterocycles. The number of rotatable bonds is 2. The van der Waals surface area contributed by atoms with Gasteiger partial charge in [-0.2, -0.15) is 0 Å². The highest BCUT2D eigenvalue weighted by molar-refractivity contribution is 7.22. The number of anilines is 1. The number of aromatic nitrogens is 1. The zero-order valence-corrected chi connectivity index (χ0v) is 15.6. The van der Waals surface area contributed by atoms with Crippen LogP contribution >= 0.6 is 11.3 Å². The van der Waals surface area contributed by atoms with Crippen LogP contribution in [0.5, 0.6) is 0 Å². The van der Waals surface area contributed by atoms with Gasteiger partial charge in [0.2, 0.25) is 0 Å². The van der Waals surface area contributed by atoms with E-state index in [1.54, 1.807) is 34.4 Å². The van der Waals surface area contributed by atoms with Crippen LogP contribution in [0.3, 0.4) is 0 Å². The van der Waals surface area contributed by atoms with Gasteiger partial charge >= 0.3 is 0 Å². The first kappa shape index (κ1) is 17.0. The average molecular weight is 369 g/mol. The molecule has 0 radical (unpaired) electrons. The second-order valence-corrected chi connectivity index (χ2v) is 7.66. The van der Waals surface area contributed by atoms with Gasteiger partial charge in [-0.25, -0.2) is 9.37 Å². The van der Waals surface area contributed by atoms with E-state index in [0.29, 0.717) is 26.2 Å². The molecule has 0 N–H and O–H groups in total. The summed E-state index contributed by atoms with van der Waals surface area (Å²) in [7, 11) is 0. The first-order valence-corrected chi connectivity index (χ1v) is 9.51. The molecule has 0 bridgehead atoms. The van der Waals surface area contributed by atoms with Crippen molar-refractivity contribution in [3.63, 3.8) is 0 Å². The average Bonchev–Trinajstić information content (AvgIpc) is 3.06. The van der Waals surface area contributed by atoms with Crippen molar-refractivity contribution in [2.45, 2.75) is 13.8 Å². The Labute approximate surface area is 155 Å². The highest BCUT2D eigenvalue weighted by atomic mass is 32.1. The first-order valence-electron chi connectivity index (χ1n) is 8.69. The molecule has 26 heavy (non-hydrogen) atoms. The topological polar surface area (TPSA) is 36.4 Å². The van der Waals surface area contributed by atoms with Gasteiger partial charge in [-0.15, -0.1) is 0 Å². The number of halogens is 1. The molecule has 4 nitrogen and oxygen atoms in total. The normalized spacial score (nSPS) is 14.9. The predicted molar refractivity (Wildman–Crippen MR) is 104 cm³/mol. The van der Waals surface area contributed by atoms with E-state index in [4.69, 9.17) is 4.98 Å². The zero-order valence-electron chi connectivity index (χ0n) is 14.8. The fraction of sp³-hybridized carbons (Fsp3) is 0.300. The minimum Gasteiger partial charge on any atom is -0.345 e. The minimum atomic E-state index is -0.461. The van der Waals surface area contributed by atoms with Gasteiger partial charge in [-0.1, -0.05) is 29.5 Å². The lowest BCUT2D eigenvalue weighted by Crippen LogP contribution is -2.49. The Morgan fingerprint density at radius 2 is 1.85 bits per heavy atom. The third-order valence-electron chi connectivity index (χ3n) is 4.75. The molecule has 1 amide bonds. The summed E-state index contributed by atoms with van der Waals surface area (Å²) < 4.78 is 15.1. The number of fused-ring (bicyclic) bond motifs is 1. The van der Waals surface area contributed by atoms with Gasteiger partial charge in [0.05, 0.1) is 15.8 Å². The maximum Gasteiger partial charge on any atom is 0.256 e. The van der Waals surface area contributed by atoms with E-state index in [0.717, 1.165) is 10.6 Å². The van der Waals surface area contributed by atoms with Crippen LogP contribution in [0.1, 0.15) is 21.5 Å². The number of nitrogens with zero attached hydrogens (tertiary/aromatic N) is 3. The lowest BCUT2D eigenvalue weighted by Gasteiger charge is -2.34. The summed E-state index contributed by atoms with van der Waals surface area (Å²) >= 11 is 1.70. The summed E-state index contributed by atoms with van der Waals surface area (Å²) in [6.07, 6.45) is 0. The van der Waals surface area contributed by atoms with E-state index in [9.17, 15) is 9.18 Å². The van der Waals surface area contributed by atoms with Crippen molar-refractivity contribution in [1.82, 2.24) is 9.88 Å². The van der Waals surface area contributed by atoms with Crippen LogP contribution in [-0.4, -0.2) is 42.0 Å². The molecule has 134 valence electrons. The predicted octanol–water partition coefficient (Wildman–Crippen LogP) is 4.01. The van der Waals surface area contributed by atoms with Crippen LogP contribution in [0, 0.1) is 19.7 Å². The summed E-state index contributed by atoms with van der Waals surface area (Å²) in [6.45, 7) is 6.75. The molecule has 2 aromatic carbocycles. The van der Waals surface area contributed by atoms with Crippen molar-refractivity contribution in [2.75, 3.05) is 31.1 Å². The summed E-state index contributed by atoms with van der Waals surface area (Å²) in [4.78, 5) is 21.3. The van der Waals surface area contributed by atoms with Gasteiger partial charge in [-0.3, -0.25) is 4.79 Å². The number of hydrogen-bond acceptors (Lipinski definition) is 4. The quantitative estimate of drug-likeness (QED) is 0.685. The minimum absolute atomic E-state index is 0.145. The fourth-order valence-corrected chi connectivity index (χ4v) is 4.47. The van der Waals surface area contributed by atoms with Crippen molar-refractivity contribution >= 4 is 32.6 Å². The molecular weight excluding hydrogens is 349 g/mol. The van der Waals surface area contributed by atoms with Crippen LogP contribution in [0.15, 0.2) is 36.4 Å². The second kappa shape index (κ2) is 6.68. The highest BCUT2D eigenvalue weighted by Crippen LogP contribution is 2.32. The van der Waals surface area contributed by atoms with E-state index in [2.05, 4.69) is 30.9 Å². The van der Waals surface area contributed by atoms with Gasteiger partial charge < -0.3 is 9.80 Å². The lowest BCUT2D eigenvalue weighted by molar-refractivity contribution is 0.0742. The van der Waals surface area contributed by atoms with Crippen LogP contribution in [0.2, 0.25) is 0 Å². The lowest BCUT2D eigenvalue weighted by atomic mass is 10.1. The molecule has 2 heterocycles. The number of piperazine rings is 1. The SMILES string of the molecule is Cc1cc(C)c2sc(N3CCN(C(=O)c4ccccc4F)CC3)nc2c1. The number of amides is 1. The molecule has 3 aromatic rings. The molecular formula is C20H20FN3OS. The number of benzene rings is 2. The number of hydrogen-bond donors (Lipinski definition) is 0. The molecule has 0 atom stereocenters. The number of aryl methyl sites for hydroxylation is 2. The van der Waals surface area contributed by atoms with Gasteiger partial charge in [-0.05, 0) is 43.2 Å². The molecule has 0 saturated carbocycles. The smallest absolute Gasteiger partial charge is 0.256 e. The Kier molecular flexibility index (Phi) is 4.36. The second-order valence-electron chi connectivity index (χ2n) is 6.69. The Balaban J connectivity index is 1.49. The number of carbonyl (C=O) groups is 1. The molecule has 0 spiro atoms. The maximum atomic E-state index is 13.9. The summed E-state index contributed by atoms with van der Waals surface area (Å²) in [5.41, 5.74) is 3.64.